The van der Waals surface area contributed by atoms with Gasteiger partial charge in [0.05, 0.1) is 21.1 Å². The molecular formula is C5H10Cl2NO+. The molecule has 0 radical (unpaired) electrons. The van der Waals surface area contributed by atoms with Crippen LogP contribution in [-0.2, 0) is 4.79 Å². The quantitative estimate of drug-likeness (QED) is 0.262. The van der Waals surface area contributed by atoms with Crippen molar-refractivity contribution in [3.05, 3.63) is 0 Å². The SMILES string of the molecule is C[N+](C)(C)C(Cl)(Cl)C=O. The third-order valence-electron chi connectivity index (χ3n) is 1.04. The number of aldehydes is 1. The van der Waals surface area contributed by atoms with Crippen LogP contribution in [0.2, 0.25) is 0 Å². The van der Waals surface area contributed by atoms with Crippen LogP contribution in [0.3, 0.4) is 0 Å². The van der Waals surface area contributed by atoms with Gasteiger partial charge in [-0.25, -0.2) is 0 Å². The van der Waals surface area contributed by atoms with E-state index >= 15 is 0 Å². The molecule has 0 fully saturated rings. The third kappa shape index (κ3) is 2.12. The first-order valence-corrected chi connectivity index (χ1v) is 3.22. The molecule has 9 heavy (non-hydrogen) atoms. The van der Waals surface area contributed by atoms with Crippen molar-refractivity contribution in [1.82, 2.24) is 0 Å². The van der Waals surface area contributed by atoms with Gasteiger partial charge in [-0.15, -0.1) is 0 Å². The molecular weight excluding hydrogens is 161 g/mol. The lowest BCUT2D eigenvalue weighted by molar-refractivity contribution is -0.883. The summed E-state index contributed by atoms with van der Waals surface area (Å²) in [5.74, 6) is 0. The van der Waals surface area contributed by atoms with E-state index in [-0.39, 0.29) is 4.48 Å². The molecule has 0 spiro atoms. The fraction of sp³-hybridized carbons (Fsp3) is 0.800. The van der Waals surface area contributed by atoms with Gasteiger partial charge in [0.1, 0.15) is 0 Å². The summed E-state index contributed by atoms with van der Waals surface area (Å²) in [6.45, 7) is 0. The van der Waals surface area contributed by atoms with Gasteiger partial charge in [0.15, 0.2) is 0 Å². The number of carbonyl (C=O) groups excluding carboxylic acids is 1. The van der Waals surface area contributed by atoms with Gasteiger partial charge < -0.3 is 0 Å². The summed E-state index contributed by atoms with van der Waals surface area (Å²) in [5, 5.41) is 0. The molecule has 0 unspecified atom stereocenters. The lowest BCUT2D eigenvalue weighted by atomic mass is 10.5. The topological polar surface area (TPSA) is 17.1 Å². The smallest absolute Gasteiger partial charge is 0.294 e. The second-order valence-electron chi connectivity index (χ2n) is 2.72. The van der Waals surface area contributed by atoms with Crippen molar-refractivity contribution in [1.29, 1.82) is 0 Å². The van der Waals surface area contributed by atoms with Crippen molar-refractivity contribution in [2.45, 2.75) is 4.46 Å². The van der Waals surface area contributed by atoms with E-state index in [2.05, 4.69) is 0 Å². The minimum atomic E-state index is -1.32. The van der Waals surface area contributed by atoms with Crippen LogP contribution >= 0.6 is 23.2 Å². The van der Waals surface area contributed by atoms with Crippen molar-refractivity contribution < 1.29 is 9.28 Å². The van der Waals surface area contributed by atoms with Crippen molar-refractivity contribution in [2.24, 2.45) is 0 Å². The molecule has 0 heterocycles. The molecule has 0 rings (SSSR count). The Bertz CT molecular complexity index is 117. The Kier molecular flexibility index (Phi) is 2.50. The second-order valence-corrected chi connectivity index (χ2v) is 4.06. The minimum Gasteiger partial charge on any atom is -0.294 e. The Morgan fingerprint density at radius 1 is 1.33 bits per heavy atom. The molecule has 0 aromatic heterocycles. The maximum atomic E-state index is 10.2. The first-order chi connectivity index (χ1) is 3.81. The van der Waals surface area contributed by atoms with Crippen LogP contribution < -0.4 is 0 Å². The van der Waals surface area contributed by atoms with Gasteiger partial charge in [0.2, 0.25) is 6.29 Å². The summed E-state index contributed by atoms with van der Waals surface area (Å²) < 4.78 is -1.11. The first-order valence-electron chi connectivity index (χ1n) is 2.47. The van der Waals surface area contributed by atoms with Crippen LogP contribution in [0.25, 0.3) is 0 Å². The number of quaternary nitrogens is 1. The van der Waals surface area contributed by atoms with Crippen LogP contribution in [0.5, 0.6) is 0 Å². The van der Waals surface area contributed by atoms with Gasteiger partial charge in [-0.2, -0.15) is 0 Å². The molecule has 0 aliphatic heterocycles. The molecule has 0 saturated heterocycles. The lowest BCUT2D eigenvalue weighted by Gasteiger charge is -2.31. The molecule has 4 heteroatoms. The third-order valence-corrected chi connectivity index (χ3v) is 2.23. The van der Waals surface area contributed by atoms with Crippen molar-refractivity contribution in [2.75, 3.05) is 21.1 Å². The van der Waals surface area contributed by atoms with Crippen LogP contribution in [0.15, 0.2) is 0 Å². The average molecular weight is 171 g/mol. The van der Waals surface area contributed by atoms with Crippen LogP contribution in [-0.4, -0.2) is 36.4 Å². The van der Waals surface area contributed by atoms with Gasteiger partial charge in [-0.05, 0) is 23.2 Å². The number of hydrogen-bond donors (Lipinski definition) is 0. The Morgan fingerprint density at radius 3 is 1.67 bits per heavy atom. The number of hydrogen-bond acceptors (Lipinski definition) is 1. The average Bonchev–Trinajstić information content (AvgIpc) is 1.64. The van der Waals surface area contributed by atoms with Gasteiger partial charge in [-0.3, -0.25) is 9.28 Å². The molecule has 0 amide bonds. The van der Waals surface area contributed by atoms with E-state index < -0.39 is 4.46 Å². The summed E-state index contributed by atoms with van der Waals surface area (Å²) in [6.07, 6.45) is 0.524. The maximum absolute atomic E-state index is 10.2. The molecule has 0 atom stereocenters. The van der Waals surface area contributed by atoms with E-state index in [0.717, 1.165) is 0 Å². The summed E-state index contributed by atoms with van der Waals surface area (Å²) in [6, 6.07) is 0. The zero-order chi connectivity index (χ0) is 7.71. The summed E-state index contributed by atoms with van der Waals surface area (Å²) >= 11 is 11.1. The van der Waals surface area contributed by atoms with E-state index in [4.69, 9.17) is 23.2 Å². The number of likely N-dealkylation sites (N-methyl/N-ethyl adjacent to an activating group) is 1. The summed E-state index contributed by atoms with van der Waals surface area (Å²) in [4.78, 5) is 10.2. The van der Waals surface area contributed by atoms with E-state index in [1.807, 2.05) is 0 Å². The molecule has 0 saturated carbocycles. The molecule has 0 aliphatic carbocycles. The minimum absolute atomic E-state index is 0.208. The predicted octanol–water partition coefficient (Wildman–Crippen LogP) is 1.02. The standard InChI is InChI=1S/C5H10Cl2NO/c1-8(2,3)5(6,7)4-9/h4H,1-3H3/q+1. The van der Waals surface area contributed by atoms with Gasteiger partial charge >= 0.3 is 4.46 Å². The largest absolute Gasteiger partial charge is 0.307 e. The number of rotatable bonds is 2. The fourth-order valence-electron chi connectivity index (χ4n) is 0.158. The maximum Gasteiger partial charge on any atom is 0.307 e. The highest BCUT2D eigenvalue weighted by Gasteiger charge is 2.38. The summed E-state index contributed by atoms with van der Waals surface area (Å²) in [5.41, 5.74) is 0. The Labute approximate surface area is 64.9 Å². The Hall–Kier alpha value is 0.210. The highest BCUT2D eigenvalue weighted by atomic mass is 35.5. The molecule has 0 aromatic rings. The van der Waals surface area contributed by atoms with E-state index in [9.17, 15) is 4.79 Å². The second kappa shape index (κ2) is 2.45. The fourth-order valence-corrected chi connectivity index (χ4v) is 0.158. The van der Waals surface area contributed by atoms with Gasteiger partial charge in [-0.1, -0.05) is 0 Å². The lowest BCUT2D eigenvalue weighted by Crippen LogP contribution is -2.50. The van der Waals surface area contributed by atoms with E-state index in [1.54, 1.807) is 21.1 Å². The van der Waals surface area contributed by atoms with Gasteiger partial charge in [0.25, 0.3) is 0 Å². The highest BCUT2D eigenvalue weighted by molar-refractivity contribution is 6.54. The Balaban J connectivity index is 4.32. The van der Waals surface area contributed by atoms with Crippen molar-refractivity contribution >= 4 is 29.5 Å². The summed E-state index contributed by atoms with van der Waals surface area (Å²) in [7, 11) is 5.23. The van der Waals surface area contributed by atoms with Gasteiger partial charge in [0, 0.05) is 0 Å². The highest BCUT2D eigenvalue weighted by Crippen LogP contribution is 2.25. The predicted molar refractivity (Wildman–Crippen MR) is 38.5 cm³/mol. The van der Waals surface area contributed by atoms with E-state index in [0.29, 0.717) is 6.29 Å². The Morgan fingerprint density at radius 2 is 1.67 bits per heavy atom. The monoisotopic (exact) mass is 170 g/mol. The molecule has 54 valence electrons. The first kappa shape index (κ1) is 9.21. The number of halogens is 2. The molecule has 0 N–H and O–H groups in total. The van der Waals surface area contributed by atoms with Crippen LogP contribution in [0, 0.1) is 0 Å². The van der Waals surface area contributed by atoms with Crippen LogP contribution in [0.1, 0.15) is 0 Å². The molecule has 0 aromatic carbocycles. The normalized spacial score (nSPS) is 13.4. The number of carbonyl (C=O) groups is 1. The number of alkyl halides is 2. The molecule has 0 aliphatic rings. The number of nitrogens with zero attached hydrogens (tertiary/aromatic N) is 1. The van der Waals surface area contributed by atoms with E-state index in [1.165, 1.54) is 0 Å². The molecule has 2 nitrogen and oxygen atoms in total. The van der Waals surface area contributed by atoms with Crippen molar-refractivity contribution in [3.8, 4) is 0 Å². The zero-order valence-corrected chi connectivity index (χ0v) is 7.20. The van der Waals surface area contributed by atoms with Crippen molar-refractivity contribution in [3.63, 3.8) is 0 Å². The molecule has 0 bridgehead atoms. The van der Waals surface area contributed by atoms with Crippen LogP contribution in [0.4, 0.5) is 0 Å². The zero-order valence-electron chi connectivity index (χ0n) is 5.69.